The second-order valence-electron chi connectivity index (χ2n) is 5.09. The first-order valence-electron chi connectivity index (χ1n) is 6.15. The smallest absolute Gasteiger partial charge is 0.146 e. The zero-order valence-corrected chi connectivity index (χ0v) is 10.6. The highest BCUT2D eigenvalue weighted by atomic mass is 16.3. The maximum atomic E-state index is 10.1. The van der Waals surface area contributed by atoms with Gasteiger partial charge in [-0.25, -0.2) is 4.98 Å². The van der Waals surface area contributed by atoms with E-state index in [2.05, 4.69) is 16.0 Å². The summed E-state index contributed by atoms with van der Waals surface area (Å²) < 4.78 is 0. The van der Waals surface area contributed by atoms with Crippen LogP contribution in [0.3, 0.4) is 0 Å². The van der Waals surface area contributed by atoms with Crippen LogP contribution in [0.4, 0.5) is 11.5 Å². The number of rotatable bonds is 1. The zero-order chi connectivity index (χ0) is 13.2. The van der Waals surface area contributed by atoms with Crippen molar-refractivity contribution in [1.29, 1.82) is 5.26 Å². The van der Waals surface area contributed by atoms with Gasteiger partial charge in [-0.05, 0) is 32.3 Å². The Balaban J connectivity index is 2.24. The fourth-order valence-electron chi connectivity index (χ4n) is 2.28. The predicted octanol–water partition coefficient (Wildman–Crippen LogP) is 1.28. The van der Waals surface area contributed by atoms with Crippen LogP contribution < -0.4 is 10.6 Å². The molecule has 1 saturated heterocycles. The van der Waals surface area contributed by atoms with E-state index in [-0.39, 0.29) is 0 Å². The quantitative estimate of drug-likeness (QED) is 0.779. The van der Waals surface area contributed by atoms with Crippen LogP contribution in [0.1, 0.15) is 31.7 Å². The first kappa shape index (κ1) is 12.7. The molecular formula is C13H18N4O. The van der Waals surface area contributed by atoms with E-state index >= 15 is 0 Å². The van der Waals surface area contributed by atoms with Gasteiger partial charge < -0.3 is 15.7 Å². The van der Waals surface area contributed by atoms with E-state index in [9.17, 15) is 5.11 Å². The molecule has 3 N–H and O–H groups in total. The predicted molar refractivity (Wildman–Crippen MR) is 70.1 cm³/mol. The molecule has 0 spiro atoms. The van der Waals surface area contributed by atoms with E-state index in [0.29, 0.717) is 30.0 Å². The largest absolute Gasteiger partial charge is 0.397 e. The average molecular weight is 246 g/mol. The summed E-state index contributed by atoms with van der Waals surface area (Å²) in [6, 6.07) is 3.77. The first-order valence-corrected chi connectivity index (χ1v) is 6.15. The second-order valence-corrected chi connectivity index (χ2v) is 5.09. The second kappa shape index (κ2) is 4.83. The lowest BCUT2D eigenvalue weighted by Gasteiger charge is -2.24. The third-order valence-corrected chi connectivity index (χ3v) is 3.37. The van der Waals surface area contributed by atoms with E-state index in [4.69, 9.17) is 11.0 Å². The molecule has 18 heavy (non-hydrogen) atoms. The summed E-state index contributed by atoms with van der Waals surface area (Å²) in [6.07, 6.45) is 3.92. The number of nitrogens with zero attached hydrogens (tertiary/aromatic N) is 3. The van der Waals surface area contributed by atoms with Crippen LogP contribution in [-0.4, -0.2) is 28.8 Å². The molecule has 1 atom stereocenters. The SMILES string of the molecule is CC1(O)CCCN(c2ncc(N)cc2C#N)CC1. The van der Waals surface area contributed by atoms with Gasteiger partial charge in [0.1, 0.15) is 11.9 Å². The van der Waals surface area contributed by atoms with Crippen molar-refractivity contribution in [3.63, 3.8) is 0 Å². The molecule has 1 aliphatic rings. The molecule has 0 amide bonds. The fraction of sp³-hybridized carbons (Fsp3) is 0.538. The third kappa shape index (κ3) is 2.71. The lowest BCUT2D eigenvalue weighted by molar-refractivity contribution is 0.0481. The van der Waals surface area contributed by atoms with Crippen LogP contribution in [0, 0.1) is 11.3 Å². The van der Waals surface area contributed by atoms with Gasteiger partial charge in [0, 0.05) is 13.1 Å². The minimum absolute atomic E-state index is 0.497. The third-order valence-electron chi connectivity index (χ3n) is 3.37. The van der Waals surface area contributed by atoms with E-state index in [1.54, 1.807) is 12.3 Å². The first-order chi connectivity index (χ1) is 8.52. The number of aromatic nitrogens is 1. The maximum absolute atomic E-state index is 10.1. The van der Waals surface area contributed by atoms with Crippen LogP contribution in [0.15, 0.2) is 12.3 Å². The van der Waals surface area contributed by atoms with Gasteiger partial charge in [0.2, 0.25) is 0 Å². The Morgan fingerprint density at radius 1 is 1.50 bits per heavy atom. The molecule has 2 rings (SSSR count). The number of aliphatic hydroxyl groups is 1. The van der Waals surface area contributed by atoms with Crippen molar-refractivity contribution in [2.45, 2.75) is 31.8 Å². The molecule has 5 heteroatoms. The van der Waals surface area contributed by atoms with Crippen LogP contribution in [0.5, 0.6) is 0 Å². The van der Waals surface area contributed by atoms with Gasteiger partial charge in [0.15, 0.2) is 0 Å². The number of nitrogens with two attached hydrogens (primary N) is 1. The number of pyridine rings is 1. The number of nitriles is 1. The molecule has 96 valence electrons. The molecule has 1 unspecified atom stereocenters. The van der Waals surface area contributed by atoms with Crippen LogP contribution in [0.25, 0.3) is 0 Å². The monoisotopic (exact) mass is 246 g/mol. The molecule has 0 aliphatic carbocycles. The van der Waals surface area contributed by atoms with Crippen molar-refractivity contribution >= 4 is 11.5 Å². The maximum Gasteiger partial charge on any atom is 0.146 e. The Hall–Kier alpha value is -1.80. The molecule has 2 heterocycles. The summed E-state index contributed by atoms with van der Waals surface area (Å²) in [5.74, 6) is 0.671. The minimum Gasteiger partial charge on any atom is -0.397 e. The topological polar surface area (TPSA) is 86.2 Å². The van der Waals surface area contributed by atoms with Crippen LogP contribution in [0.2, 0.25) is 0 Å². The molecule has 0 saturated carbocycles. The molecule has 0 bridgehead atoms. The summed E-state index contributed by atoms with van der Waals surface area (Å²) in [6.45, 7) is 3.37. The van der Waals surface area contributed by atoms with Crippen molar-refractivity contribution in [2.24, 2.45) is 0 Å². The van der Waals surface area contributed by atoms with Crippen molar-refractivity contribution in [1.82, 2.24) is 4.98 Å². The van der Waals surface area contributed by atoms with Gasteiger partial charge in [0.05, 0.1) is 23.0 Å². The summed E-state index contributed by atoms with van der Waals surface area (Å²) in [5, 5.41) is 19.2. The Morgan fingerprint density at radius 2 is 2.28 bits per heavy atom. The van der Waals surface area contributed by atoms with Crippen molar-refractivity contribution in [2.75, 3.05) is 23.7 Å². The van der Waals surface area contributed by atoms with Crippen molar-refractivity contribution in [3.05, 3.63) is 17.8 Å². The molecule has 0 radical (unpaired) electrons. The van der Waals surface area contributed by atoms with E-state index in [0.717, 1.165) is 19.4 Å². The van der Waals surface area contributed by atoms with E-state index < -0.39 is 5.60 Å². The number of hydrogen-bond donors (Lipinski definition) is 2. The summed E-state index contributed by atoms with van der Waals surface area (Å²) in [7, 11) is 0. The Morgan fingerprint density at radius 3 is 3.00 bits per heavy atom. The molecule has 0 aromatic carbocycles. The highest BCUT2D eigenvalue weighted by Crippen LogP contribution is 2.26. The molecule has 1 aliphatic heterocycles. The molecule has 1 fully saturated rings. The molecule has 1 aromatic rings. The van der Waals surface area contributed by atoms with Gasteiger partial charge >= 0.3 is 0 Å². The Kier molecular flexibility index (Phi) is 3.39. The van der Waals surface area contributed by atoms with Gasteiger partial charge in [0.25, 0.3) is 0 Å². The number of hydrogen-bond acceptors (Lipinski definition) is 5. The molecule has 5 nitrogen and oxygen atoms in total. The Labute approximate surface area is 107 Å². The highest BCUT2D eigenvalue weighted by Gasteiger charge is 2.26. The normalized spacial score (nSPS) is 24.4. The molecule has 1 aromatic heterocycles. The highest BCUT2D eigenvalue weighted by molar-refractivity contribution is 5.58. The standard InChI is InChI=1S/C13H18N4O/c1-13(18)3-2-5-17(6-4-13)12-10(8-14)7-11(15)9-16-12/h7,9,18H,2-6,15H2,1H3. The van der Waals surface area contributed by atoms with Crippen LogP contribution in [-0.2, 0) is 0 Å². The van der Waals surface area contributed by atoms with E-state index in [1.807, 2.05) is 6.92 Å². The zero-order valence-electron chi connectivity index (χ0n) is 10.6. The van der Waals surface area contributed by atoms with Gasteiger partial charge in [-0.3, -0.25) is 0 Å². The number of anilines is 2. The molecular weight excluding hydrogens is 228 g/mol. The van der Waals surface area contributed by atoms with Gasteiger partial charge in [-0.1, -0.05) is 0 Å². The van der Waals surface area contributed by atoms with Crippen molar-refractivity contribution < 1.29 is 5.11 Å². The average Bonchev–Trinajstić information content (AvgIpc) is 2.50. The van der Waals surface area contributed by atoms with Crippen LogP contribution >= 0.6 is 0 Å². The van der Waals surface area contributed by atoms with Crippen molar-refractivity contribution in [3.8, 4) is 6.07 Å². The number of nitrogen functional groups attached to an aromatic ring is 1. The lowest BCUT2D eigenvalue weighted by atomic mass is 9.98. The fourth-order valence-corrected chi connectivity index (χ4v) is 2.28. The van der Waals surface area contributed by atoms with E-state index in [1.165, 1.54) is 0 Å². The summed E-state index contributed by atoms with van der Waals surface area (Å²) in [5.41, 5.74) is 6.01. The lowest BCUT2D eigenvalue weighted by Crippen LogP contribution is -2.29. The Bertz CT molecular complexity index is 478. The minimum atomic E-state index is -0.616. The van der Waals surface area contributed by atoms with Gasteiger partial charge in [-0.15, -0.1) is 0 Å². The summed E-state index contributed by atoms with van der Waals surface area (Å²) in [4.78, 5) is 6.31. The summed E-state index contributed by atoms with van der Waals surface area (Å²) >= 11 is 0. The van der Waals surface area contributed by atoms with Gasteiger partial charge in [-0.2, -0.15) is 5.26 Å².